The molecule has 0 amide bonds. The number of esters is 2. The quantitative estimate of drug-likeness (QED) is 0.0229. The summed E-state index contributed by atoms with van der Waals surface area (Å²) in [5, 5.41) is 79.7. The molecule has 13 atom stereocenters. The van der Waals surface area contributed by atoms with Crippen molar-refractivity contribution in [3.05, 3.63) is 48.6 Å². The summed E-state index contributed by atoms with van der Waals surface area (Å²) in [6, 6.07) is 0. The van der Waals surface area contributed by atoms with E-state index < -0.39 is 132 Å². The molecule has 1 saturated heterocycles. The number of unbranched alkanes of at least 4 members (excludes halogenated alkanes) is 9. The topological polar surface area (TPSA) is 334 Å². The van der Waals surface area contributed by atoms with E-state index in [9.17, 15) is 73.9 Å². The molecule has 1 heterocycles. The number of phosphoric ester groups is 2. The number of Topliss-reactive ketones (excluding diaryl/α,β-unsaturated/α-hetero) is 1. The summed E-state index contributed by atoms with van der Waals surface area (Å²) in [7, 11) is -11.5. The molecular formula is C49H84O20P2. The summed E-state index contributed by atoms with van der Waals surface area (Å²) in [4.78, 5) is 70.0. The zero-order valence-electron chi connectivity index (χ0n) is 41.5. The molecule has 22 heteroatoms. The minimum atomic E-state index is -5.81. The van der Waals surface area contributed by atoms with Gasteiger partial charge in [0, 0.05) is 43.9 Å². The number of ether oxygens (including phenoxy) is 2. The second-order valence-corrected chi connectivity index (χ2v) is 21.1. The van der Waals surface area contributed by atoms with Crippen molar-refractivity contribution in [1.29, 1.82) is 0 Å². The van der Waals surface area contributed by atoms with Gasteiger partial charge in [-0.2, -0.15) is 0 Å². The van der Waals surface area contributed by atoms with Gasteiger partial charge in [-0.1, -0.05) is 107 Å². The fourth-order valence-corrected chi connectivity index (χ4v) is 9.79. The van der Waals surface area contributed by atoms with E-state index >= 15 is 0 Å². The maximum atomic E-state index is 13.7. The molecule has 0 aromatic rings. The predicted molar refractivity (Wildman–Crippen MR) is 262 cm³/mol. The second-order valence-electron chi connectivity index (χ2n) is 18.5. The SMILES string of the molecule is CCCCC/C=C\C/C=C\C/C=C\CCCCCCC(=O)OC[C@@H]1COP(=O)(O)O[C@H]2[C@H](O)[C@@H](O)[C@H](O)[C@@H](CC(=O)CCCCC(=O)O1)[C@@H](O)C[C@@H](O)[C@H](C=C[C@@H](O)CCCCC)[C@@H](O)[C@H]2OP(=O)(O)O. The number of rotatable bonds is 25. The molecule has 1 aliphatic carbocycles. The third-order valence-electron chi connectivity index (χ3n) is 12.3. The Morgan fingerprint density at radius 3 is 2.04 bits per heavy atom. The van der Waals surface area contributed by atoms with Crippen molar-refractivity contribution in [3.8, 4) is 0 Å². The highest BCUT2D eigenvalue weighted by Gasteiger charge is 2.52. The Morgan fingerprint density at radius 2 is 1.39 bits per heavy atom. The lowest BCUT2D eigenvalue weighted by molar-refractivity contribution is -0.166. The van der Waals surface area contributed by atoms with Crippen LogP contribution >= 0.6 is 15.6 Å². The van der Waals surface area contributed by atoms with Gasteiger partial charge in [0.2, 0.25) is 0 Å². The molecule has 2 bridgehead atoms. The van der Waals surface area contributed by atoms with Gasteiger partial charge >= 0.3 is 27.6 Å². The molecule has 20 nitrogen and oxygen atoms in total. The monoisotopic (exact) mass is 1050 g/mol. The van der Waals surface area contributed by atoms with Crippen molar-refractivity contribution >= 4 is 33.4 Å². The molecule has 1 unspecified atom stereocenters. The lowest BCUT2D eigenvalue weighted by atomic mass is 9.82. The fraction of sp³-hybridized carbons (Fsp3) is 0.776. The summed E-state index contributed by atoms with van der Waals surface area (Å²) in [5.41, 5.74) is 0. The molecule has 0 aromatic carbocycles. The molecule has 410 valence electrons. The lowest BCUT2D eigenvalue weighted by Crippen LogP contribution is -2.56. The van der Waals surface area contributed by atoms with Crippen molar-refractivity contribution < 1.29 is 97.0 Å². The van der Waals surface area contributed by atoms with Gasteiger partial charge in [0.25, 0.3) is 0 Å². The van der Waals surface area contributed by atoms with Gasteiger partial charge in [-0.25, -0.2) is 9.13 Å². The Labute approximate surface area is 419 Å². The van der Waals surface area contributed by atoms with E-state index in [-0.39, 0.29) is 38.5 Å². The largest absolute Gasteiger partial charge is 0.472 e. The number of allylic oxidation sites excluding steroid dienone is 6. The first-order valence-corrected chi connectivity index (χ1v) is 28.4. The maximum absolute atomic E-state index is 13.7. The minimum Gasteiger partial charge on any atom is -0.462 e. The number of aliphatic hydroxyl groups is 7. The first kappa shape index (κ1) is 64.6. The van der Waals surface area contributed by atoms with E-state index in [1.54, 1.807) is 0 Å². The van der Waals surface area contributed by atoms with Gasteiger partial charge in [0.1, 0.15) is 36.8 Å². The molecule has 1 saturated carbocycles. The van der Waals surface area contributed by atoms with Crippen LogP contribution in [0.1, 0.15) is 155 Å². The molecule has 2 rings (SSSR count). The van der Waals surface area contributed by atoms with Crippen molar-refractivity contribution in [2.24, 2.45) is 11.8 Å². The fourth-order valence-electron chi connectivity index (χ4n) is 8.26. The highest BCUT2D eigenvalue weighted by molar-refractivity contribution is 7.47. The number of cyclic esters (lactones) is 1. The second kappa shape index (κ2) is 35.7. The van der Waals surface area contributed by atoms with Gasteiger partial charge < -0.3 is 59.9 Å². The maximum Gasteiger partial charge on any atom is 0.472 e. The Morgan fingerprint density at radius 1 is 0.789 bits per heavy atom. The normalized spacial score (nSPS) is 31.0. The molecule has 1 aliphatic heterocycles. The number of ketones is 1. The minimum absolute atomic E-state index is 0.00244. The molecular weight excluding hydrogens is 970 g/mol. The van der Waals surface area contributed by atoms with E-state index in [1.807, 2.05) is 6.92 Å². The summed E-state index contributed by atoms with van der Waals surface area (Å²) >= 11 is 0. The van der Waals surface area contributed by atoms with Crippen LogP contribution in [-0.4, -0.2) is 142 Å². The zero-order chi connectivity index (χ0) is 52.8. The Hall–Kier alpha value is -2.49. The first-order chi connectivity index (χ1) is 33.7. The predicted octanol–water partition coefficient (Wildman–Crippen LogP) is 5.62. The lowest BCUT2D eigenvalue weighted by Gasteiger charge is -2.38. The van der Waals surface area contributed by atoms with Gasteiger partial charge in [-0.15, -0.1) is 0 Å². The van der Waals surface area contributed by atoms with Crippen LogP contribution in [0.4, 0.5) is 0 Å². The van der Waals surface area contributed by atoms with Crippen LogP contribution in [0, 0.1) is 11.8 Å². The zero-order valence-corrected chi connectivity index (χ0v) is 43.3. The van der Waals surface area contributed by atoms with E-state index in [2.05, 4.69) is 43.4 Å². The average Bonchev–Trinajstić information content (AvgIpc) is 3.31. The number of carbonyl (C=O) groups is 3. The highest BCUT2D eigenvalue weighted by atomic mass is 31.2. The summed E-state index contributed by atoms with van der Waals surface area (Å²) in [6.45, 7) is 2.42. The van der Waals surface area contributed by atoms with E-state index in [0.717, 1.165) is 69.9 Å². The highest BCUT2D eigenvalue weighted by Crippen LogP contribution is 2.50. The van der Waals surface area contributed by atoms with Crippen molar-refractivity contribution in [2.75, 3.05) is 13.2 Å². The van der Waals surface area contributed by atoms with Crippen molar-refractivity contribution in [1.82, 2.24) is 0 Å². The molecule has 0 spiro atoms. The molecule has 2 aliphatic rings. The van der Waals surface area contributed by atoms with Gasteiger partial charge in [0.15, 0.2) is 6.10 Å². The third-order valence-corrected chi connectivity index (χ3v) is 13.8. The van der Waals surface area contributed by atoms with Crippen LogP contribution in [0.25, 0.3) is 0 Å². The van der Waals surface area contributed by atoms with E-state index in [4.69, 9.17) is 23.0 Å². The summed E-state index contributed by atoms with van der Waals surface area (Å²) < 4.78 is 52.0. The Bertz CT molecular complexity index is 1730. The standard InChI is InChI=1S/C49H84O20P2/c1-3-5-7-8-9-10-11-12-13-14-15-16-17-18-19-20-22-27-42(54)65-33-37-34-66-71(63,64)69-49-47(59)46(58)44(56)39(31-36(51)26-23-24-28-43(55)67-37)41(53)32-40(52)38(30-29-35(50)25-21-6-4-2)45(57)48(49)68-70(60,61)62/h9-10,12-13,15-16,29-30,35,37-41,44-50,52-53,56-59H,3-8,11,14,17-28,31-34H2,1-2H3,(H,63,64)(H2,60,61,62)/b10-9-,13-12-,16-15-,30-29?/t35-,37+,38-,39-,40+,41-,44+,45+,46-,47+,48+,49-/m0/s1. The van der Waals surface area contributed by atoms with E-state index in [1.165, 1.54) is 19.3 Å². The van der Waals surface area contributed by atoms with Gasteiger partial charge in [-0.05, 0) is 64.2 Å². The molecule has 10 N–H and O–H groups in total. The number of carbonyl (C=O) groups excluding carboxylic acids is 3. The van der Waals surface area contributed by atoms with Crippen LogP contribution in [0.15, 0.2) is 48.6 Å². The van der Waals surface area contributed by atoms with Crippen molar-refractivity contribution in [2.45, 2.75) is 216 Å². The van der Waals surface area contributed by atoms with Crippen LogP contribution in [0.5, 0.6) is 0 Å². The van der Waals surface area contributed by atoms with Crippen LogP contribution in [-0.2, 0) is 46.6 Å². The number of phosphoric acid groups is 2. The number of hydrogen-bond donors (Lipinski definition) is 10. The van der Waals surface area contributed by atoms with Gasteiger partial charge in [0.05, 0.1) is 37.1 Å². The molecule has 0 aromatic heterocycles. The first-order valence-electron chi connectivity index (χ1n) is 25.4. The molecule has 71 heavy (non-hydrogen) atoms. The van der Waals surface area contributed by atoms with Crippen molar-refractivity contribution in [3.63, 3.8) is 0 Å². The van der Waals surface area contributed by atoms with Crippen LogP contribution in [0.3, 0.4) is 0 Å². The van der Waals surface area contributed by atoms with E-state index in [0.29, 0.717) is 12.8 Å². The third kappa shape index (κ3) is 27.6. The van der Waals surface area contributed by atoms with Crippen LogP contribution in [0.2, 0.25) is 0 Å². The number of hydrogen-bond acceptors (Lipinski definition) is 17. The number of aliphatic hydroxyl groups excluding tert-OH is 7. The molecule has 0 radical (unpaired) electrons. The molecule has 2 fully saturated rings. The smallest absolute Gasteiger partial charge is 0.462 e. The number of fused-ring (bicyclic) bond motifs is 4. The summed E-state index contributed by atoms with van der Waals surface area (Å²) in [6.07, 6.45) is 4.12. The summed E-state index contributed by atoms with van der Waals surface area (Å²) in [5.74, 6) is -5.60. The van der Waals surface area contributed by atoms with Gasteiger partial charge in [-0.3, -0.25) is 28.0 Å². The van der Waals surface area contributed by atoms with Crippen LogP contribution < -0.4 is 0 Å². The Kier molecular flexibility index (Phi) is 32.5. The Balaban J connectivity index is 2.29. The average molecular weight is 1060 g/mol.